The fourth-order valence-electron chi connectivity index (χ4n) is 3.54. The molecule has 9 heteroatoms. The van der Waals surface area contributed by atoms with Crippen LogP contribution >= 0.6 is 0 Å². The van der Waals surface area contributed by atoms with Crippen molar-refractivity contribution in [3.05, 3.63) is 66.0 Å². The van der Waals surface area contributed by atoms with Gasteiger partial charge in [-0.2, -0.15) is 18.3 Å². The van der Waals surface area contributed by atoms with Crippen molar-refractivity contribution in [3.8, 4) is 11.3 Å². The molecule has 1 aliphatic heterocycles. The first-order valence-corrected chi connectivity index (χ1v) is 9.59. The Morgan fingerprint density at radius 3 is 2.43 bits per heavy atom. The number of benzene rings is 1. The van der Waals surface area contributed by atoms with E-state index < -0.39 is 11.7 Å². The van der Waals surface area contributed by atoms with Crippen molar-refractivity contribution in [2.24, 2.45) is 0 Å². The predicted molar refractivity (Wildman–Crippen MR) is 106 cm³/mol. The summed E-state index contributed by atoms with van der Waals surface area (Å²) in [5.74, 6) is 0.308. The molecule has 0 aliphatic carbocycles. The predicted octanol–water partition coefficient (Wildman–Crippen LogP) is 3.89. The molecule has 1 saturated heterocycles. The number of aromatic amines is 1. The van der Waals surface area contributed by atoms with Crippen molar-refractivity contribution in [2.45, 2.75) is 25.1 Å². The number of hydrogen-bond donors (Lipinski definition) is 2. The first-order chi connectivity index (χ1) is 14.4. The highest BCUT2D eigenvalue weighted by Gasteiger charge is 2.31. The third-order valence-corrected chi connectivity index (χ3v) is 5.18. The summed E-state index contributed by atoms with van der Waals surface area (Å²) in [7, 11) is 0. The van der Waals surface area contributed by atoms with E-state index in [0.29, 0.717) is 43.0 Å². The summed E-state index contributed by atoms with van der Waals surface area (Å²) in [6.45, 7) is 1.19. The molecule has 156 valence electrons. The number of piperidine rings is 1. The summed E-state index contributed by atoms with van der Waals surface area (Å²) >= 11 is 0. The van der Waals surface area contributed by atoms with Crippen molar-refractivity contribution in [2.75, 3.05) is 18.0 Å². The Morgan fingerprint density at radius 2 is 1.80 bits per heavy atom. The highest BCUT2D eigenvalue weighted by atomic mass is 19.4. The van der Waals surface area contributed by atoms with Gasteiger partial charge < -0.3 is 10.2 Å². The van der Waals surface area contributed by atoms with Gasteiger partial charge in [0.1, 0.15) is 5.82 Å². The Balaban J connectivity index is 1.36. The number of rotatable bonds is 4. The van der Waals surface area contributed by atoms with E-state index in [2.05, 4.69) is 20.5 Å². The number of carbonyl (C=O) groups excluding carboxylic acids is 1. The van der Waals surface area contributed by atoms with E-state index in [1.54, 1.807) is 0 Å². The Labute approximate surface area is 171 Å². The van der Waals surface area contributed by atoms with Gasteiger partial charge in [0, 0.05) is 30.9 Å². The maximum atomic E-state index is 12.7. The molecule has 30 heavy (non-hydrogen) atoms. The van der Waals surface area contributed by atoms with Gasteiger partial charge in [0.15, 0.2) is 0 Å². The Morgan fingerprint density at radius 1 is 1.07 bits per heavy atom. The number of alkyl halides is 3. The lowest BCUT2D eigenvalue weighted by molar-refractivity contribution is -0.137. The lowest BCUT2D eigenvalue weighted by Gasteiger charge is -2.33. The third kappa shape index (κ3) is 4.29. The molecule has 0 unspecified atom stereocenters. The van der Waals surface area contributed by atoms with Crippen LogP contribution in [0.25, 0.3) is 11.3 Å². The zero-order valence-electron chi connectivity index (χ0n) is 16.0. The first-order valence-electron chi connectivity index (χ1n) is 9.59. The smallest absolute Gasteiger partial charge is 0.356 e. The molecule has 2 N–H and O–H groups in total. The van der Waals surface area contributed by atoms with Gasteiger partial charge in [0.05, 0.1) is 23.0 Å². The summed E-state index contributed by atoms with van der Waals surface area (Å²) in [4.78, 5) is 18.6. The SMILES string of the molecule is O=C(NC1CCN(c2ccc(C(F)(F)F)cn2)CC1)c1cn[nH]c1-c1ccccc1. The van der Waals surface area contributed by atoms with Crippen molar-refractivity contribution in [1.82, 2.24) is 20.5 Å². The minimum atomic E-state index is -4.39. The van der Waals surface area contributed by atoms with E-state index in [0.717, 1.165) is 17.8 Å². The van der Waals surface area contributed by atoms with Gasteiger partial charge in [-0.05, 0) is 25.0 Å². The molecule has 3 aromatic rings. The van der Waals surface area contributed by atoms with Crippen LogP contribution in [0.15, 0.2) is 54.9 Å². The molecule has 0 saturated carbocycles. The number of carbonyl (C=O) groups is 1. The molecular formula is C21H20F3N5O. The second-order valence-corrected chi connectivity index (χ2v) is 7.16. The second-order valence-electron chi connectivity index (χ2n) is 7.16. The zero-order valence-corrected chi connectivity index (χ0v) is 16.0. The maximum absolute atomic E-state index is 12.7. The summed E-state index contributed by atoms with van der Waals surface area (Å²) in [6, 6.07) is 11.9. The average Bonchev–Trinajstić information content (AvgIpc) is 3.25. The number of amides is 1. The summed E-state index contributed by atoms with van der Waals surface area (Å²) in [5, 5.41) is 9.92. The van der Waals surface area contributed by atoms with Crippen molar-refractivity contribution in [3.63, 3.8) is 0 Å². The molecule has 2 aromatic heterocycles. The minimum Gasteiger partial charge on any atom is -0.356 e. The topological polar surface area (TPSA) is 73.9 Å². The number of hydrogen-bond acceptors (Lipinski definition) is 4. The fourth-order valence-corrected chi connectivity index (χ4v) is 3.54. The van der Waals surface area contributed by atoms with Gasteiger partial charge >= 0.3 is 6.18 Å². The lowest BCUT2D eigenvalue weighted by Crippen LogP contribution is -2.45. The van der Waals surface area contributed by atoms with Crippen LogP contribution in [0.3, 0.4) is 0 Å². The fraction of sp³-hybridized carbons (Fsp3) is 0.286. The van der Waals surface area contributed by atoms with Crippen LogP contribution in [0.5, 0.6) is 0 Å². The number of nitrogens with zero attached hydrogens (tertiary/aromatic N) is 3. The molecule has 1 fully saturated rings. The number of aromatic nitrogens is 3. The molecule has 0 bridgehead atoms. The number of pyridine rings is 1. The number of H-pyrrole nitrogens is 1. The van der Waals surface area contributed by atoms with Crippen LogP contribution in [-0.4, -0.2) is 40.2 Å². The van der Waals surface area contributed by atoms with E-state index in [9.17, 15) is 18.0 Å². The van der Waals surface area contributed by atoms with E-state index in [1.807, 2.05) is 35.2 Å². The first kappa shape index (κ1) is 19.9. The van der Waals surface area contributed by atoms with Gasteiger partial charge in [-0.25, -0.2) is 4.98 Å². The van der Waals surface area contributed by atoms with Gasteiger partial charge in [0.2, 0.25) is 0 Å². The molecular weight excluding hydrogens is 395 g/mol. The van der Waals surface area contributed by atoms with Gasteiger partial charge in [-0.3, -0.25) is 9.89 Å². The van der Waals surface area contributed by atoms with Crippen LogP contribution in [0.1, 0.15) is 28.8 Å². The van der Waals surface area contributed by atoms with Crippen molar-refractivity contribution < 1.29 is 18.0 Å². The third-order valence-electron chi connectivity index (χ3n) is 5.18. The van der Waals surface area contributed by atoms with Crippen molar-refractivity contribution >= 4 is 11.7 Å². The molecule has 3 heterocycles. The quantitative estimate of drug-likeness (QED) is 0.678. The molecule has 1 aromatic carbocycles. The molecule has 0 atom stereocenters. The highest BCUT2D eigenvalue weighted by Crippen LogP contribution is 2.30. The standard InChI is InChI=1S/C21H20F3N5O/c22-21(23,24)15-6-7-18(25-12-15)29-10-8-16(9-11-29)27-20(30)17-13-26-28-19(17)14-4-2-1-3-5-14/h1-7,12-13,16H,8-11H2,(H,26,28)(H,27,30). The molecule has 0 spiro atoms. The maximum Gasteiger partial charge on any atom is 0.417 e. The summed E-state index contributed by atoms with van der Waals surface area (Å²) < 4.78 is 38.1. The van der Waals surface area contributed by atoms with Crippen LogP contribution < -0.4 is 10.2 Å². The molecule has 0 radical (unpaired) electrons. The Kier molecular flexibility index (Phi) is 5.43. The van der Waals surface area contributed by atoms with Gasteiger partial charge in [-0.1, -0.05) is 30.3 Å². The summed E-state index contributed by atoms with van der Waals surface area (Å²) in [6.07, 6.45) is -0.680. The zero-order chi connectivity index (χ0) is 21.1. The largest absolute Gasteiger partial charge is 0.417 e. The van der Waals surface area contributed by atoms with E-state index >= 15 is 0 Å². The molecule has 6 nitrogen and oxygen atoms in total. The molecule has 1 aliphatic rings. The molecule has 4 rings (SSSR count). The van der Waals surface area contributed by atoms with Crippen LogP contribution in [0, 0.1) is 0 Å². The average molecular weight is 415 g/mol. The van der Waals surface area contributed by atoms with Crippen LogP contribution in [-0.2, 0) is 6.18 Å². The highest BCUT2D eigenvalue weighted by molar-refractivity contribution is 5.99. The monoisotopic (exact) mass is 415 g/mol. The van der Waals surface area contributed by atoms with Crippen LogP contribution in [0.2, 0.25) is 0 Å². The number of nitrogens with one attached hydrogen (secondary N) is 2. The number of halogens is 3. The van der Waals surface area contributed by atoms with Crippen molar-refractivity contribution in [1.29, 1.82) is 0 Å². The van der Waals surface area contributed by atoms with Gasteiger partial charge in [0.25, 0.3) is 5.91 Å². The second kappa shape index (κ2) is 8.17. The Bertz CT molecular complexity index is 993. The van der Waals surface area contributed by atoms with Crippen LogP contribution in [0.4, 0.5) is 19.0 Å². The lowest BCUT2D eigenvalue weighted by atomic mass is 10.0. The Hall–Kier alpha value is -3.36. The minimum absolute atomic E-state index is 0.0262. The van der Waals surface area contributed by atoms with E-state index in [1.165, 1.54) is 12.3 Å². The number of anilines is 1. The summed E-state index contributed by atoms with van der Waals surface area (Å²) in [5.41, 5.74) is 1.26. The molecule has 1 amide bonds. The van der Waals surface area contributed by atoms with E-state index in [-0.39, 0.29) is 11.9 Å². The normalized spacial score (nSPS) is 15.2. The van der Waals surface area contributed by atoms with Gasteiger partial charge in [-0.15, -0.1) is 0 Å². The van der Waals surface area contributed by atoms with E-state index in [4.69, 9.17) is 0 Å².